The lowest BCUT2D eigenvalue weighted by molar-refractivity contribution is -0.867. The van der Waals surface area contributed by atoms with Crippen molar-refractivity contribution >= 4 is 5.69 Å². The van der Waals surface area contributed by atoms with E-state index in [4.69, 9.17) is 4.98 Å². The number of unbranched alkanes of at least 4 members (excludes halogenated alkanes) is 1. The van der Waals surface area contributed by atoms with Crippen molar-refractivity contribution in [2.75, 3.05) is 5.01 Å². The van der Waals surface area contributed by atoms with Gasteiger partial charge in [0.1, 0.15) is 6.04 Å². The van der Waals surface area contributed by atoms with Gasteiger partial charge < -0.3 is 5.21 Å². The number of anilines is 1. The number of para-hydroxylation sites is 1. The third kappa shape index (κ3) is 4.65. The molecule has 2 aromatic carbocycles. The smallest absolute Gasteiger partial charge is 0.180 e. The van der Waals surface area contributed by atoms with E-state index in [9.17, 15) is 5.21 Å². The van der Waals surface area contributed by atoms with Crippen molar-refractivity contribution in [3.63, 3.8) is 0 Å². The maximum atomic E-state index is 13.7. The van der Waals surface area contributed by atoms with Gasteiger partial charge in [-0.05, 0) is 59.9 Å². The van der Waals surface area contributed by atoms with Gasteiger partial charge in [0.2, 0.25) is 0 Å². The molecule has 2 atom stereocenters. The van der Waals surface area contributed by atoms with Crippen LogP contribution in [-0.2, 0) is 6.42 Å². The molecule has 0 amide bonds. The summed E-state index contributed by atoms with van der Waals surface area (Å²) in [5, 5.41) is 30.0. The number of tetrazole rings is 1. The first kappa shape index (κ1) is 23.8. The minimum absolute atomic E-state index is 0.144. The standard InChI is InChI=1S/C28H31N7O/c1-4-5-11-22-18-34(27-19(2)9-8-10-20(27)3)35(36)26(22)16-21-14-15-25(29-17-21)23-12-6-7-13-24(23)28-30-32-33-31-28/h6-10,12-15,17-18,26,35H,4-5,11,16H2,1-3H3,(H,30,31,32,33). The van der Waals surface area contributed by atoms with E-state index >= 15 is 0 Å². The predicted octanol–water partition coefficient (Wildman–Crippen LogP) is 4.35. The maximum absolute atomic E-state index is 13.7. The predicted molar refractivity (Wildman–Crippen MR) is 141 cm³/mol. The first-order valence-electron chi connectivity index (χ1n) is 12.4. The van der Waals surface area contributed by atoms with Gasteiger partial charge in [0.25, 0.3) is 0 Å². The largest absolute Gasteiger partial charge is 0.607 e. The van der Waals surface area contributed by atoms with Crippen LogP contribution in [0.5, 0.6) is 0 Å². The minimum Gasteiger partial charge on any atom is -0.607 e. The fourth-order valence-corrected chi connectivity index (χ4v) is 4.97. The Bertz CT molecular complexity index is 1330. The number of aromatic amines is 1. The number of quaternary nitrogens is 1. The molecule has 8 nitrogen and oxygen atoms in total. The number of pyridine rings is 1. The molecule has 0 bridgehead atoms. The normalized spacial score (nSPS) is 17.4. The van der Waals surface area contributed by atoms with Gasteiger partial charge in [0, 0.05) is 29.3 Å². The van der Waals surface area contributed by atoms with Crippen molar-refractivity contribution in [1.29, 1.82) is 0 Å². The Morgan fingerprint density at radius 2 is 1.78 bits per heavy atom. The topological polar surface area (TPSA) is 98.1 Å². The van der Waals surface area contributed by atoms with Gasteiger partial charge >= 0.3 is 0 Å². The van der Waals surface area contributed by atoms with Crippen LogP contribution in [0.4, 0.5) is 5.69 Å². The van der Waals surface area contributed by atoms with Gasteiger partial charge in [0.05, 0.1) is 17.6 Å². The zero-order valence-electron chi connectivity index (χ0n) is 20.9. The summed E-state index contributed by atoms with van der Waals surface area (Å²) in [5.41, 5.74) is 8.15. The summed E-state index contributed by atoms with van der Waals surface area (Å²) in [4.78, 5) is 4.75. The van der Waals surface area contributed by atoms with Crippen LogP contribution < -0.4 is 10.2 Å². The SMILES string of the molecule is CCCCC1=CN(c2c(C)cccc2C)[NH+]([O-])C1Cc1ccc(-c2ccccc2-c2nnn[nH]2)nc1. The summed E-state index contributed by atoms with van der Waals surface area (Å²) in [5.74, 6) is 0.602. The molecule has 36 heavy (non-hydrogen) atoms. The molecule has 184 valence electrons. The van der Waals surface area contributed by atoms with Crippen LogP contribution in [0, 0.1) is 19.1 Å². The van der Waals surface area contributed by atoms with Gasteiger partial charge in [0.15, 0.2) is 5.82 Å². The number of rotatable bonds is 8. The average Bonchev–Trinajstić information content (AvgIpc) is 3.53. The third-order valence-corrected chi connectivity index (χ3v) is 6.85. The Balaban J connectivity index is 1.40. The van der Waals surface area contributed by atoms with Crippen LogP contribution in [-0.4, -0.2) is 31.6 Å². The molecule has 1 aliphatic rings. The molecule has 0 spiro atoms. The Kier molecular flexibility index (Phi) is 6.88. The van der Waals surface area contributed by atoms with E-state index in [1.807, 2.05) is 47.6 Å². The second-order valence-corrected chi connectivity index (χ2v) is 9.36. The molecule has 0 radical (unpaired) electrons. The molecule has 1 aliphatic heterocycles. The minimum atomic E-state index is -0.171. The van der Waals surface area contributed by atoms with Crippen LogP contribution in [0.2, 0.25) is 0 Å². The number of nitrogens with one attached hydrogen (secondary N) is 2. The molecule has 2 unspecified atom stereocenters. The molecule has 0 saturated heterocycles. The van der Waals surface area contributed by atoms with Gasteiger partial charge in [-0.3, -0.25) is 10.2 Å². The van der Waals surface area contributed by atoms with Gasteiger partial charge in [-0.25, -0.2) is 5.10 Å². The van der Waals surface area contributed by atoms with E-state index in [0.29, 0.717) is 12.2 Å². The quantitative estimate of drug-likeness (QED) is 0.363. The number of hydrogen-bond acceptors (Lipinski definition) is 6. The Morgan fingerprint density at radius 3 is 2.44 bits per heavy atom. The van der Waals surface area contributed by atoms with E-state index < -0.39 is 0 Å². The van der Waals surface area contributed by atoms with E-state index in [-0.39, 0.29) is 11.2 Å². The fourth-order valence-electron chi connectivity index (χ4n) is 4.97. The summed E-state index contributed by atoms with van der Waals surface area (Å²) in [6.07, 6.45) is 7.70. The molecule has 0 aliphatic carbocycles. The zero-order valence-corrected chi connectivity index (χ0v) is 20.9. The highest BCUT2D eigenvalue weighted by Crippen LogP contribution is 2.30. The number of H-pyrrole nitrogens is 1. The number of aromatic nitrogens is 5. The molecule has 0 fully saturated rings. The van der Waals surface area contributed by atoms with Crippen LogP contribution in [0.1, 0.15) is 42.9 Å². The maximum Gasteiger partial charge on any atom is 0.180 e. The summed E-state index contributed by atoms with van der Waals surface area (Å²) < 4.78 is 0. The van der Waals surface area contributed by atoms with Crippen molar-refractivity contribution in [2.24, 2.45) is 0 Å². The highest BCUT2D eigenvalue weighted by atomic mass is 16.6. The summed E-state index contributed by atoms with van der Waals surface area (Å²) in [6, 6.07) is 18.0. The summed E-state index contributed by atoms with van der Waals surface area (Å²) in [6.45, 7) is 6.32. The first-order chi connectivity index (χ1) is 17.6. The second-order valence-electron chi connectivity index (χ2n) is 9.36. The lowest BCUT2D eigenvalue weighted by Crippen LogP contribution is -3.16. The van der Waals surface area contributed by atoms with Gasteiger partial charge in [-0.1, -0.05) is 61.9 Å². The Morgan fingerprint density at radius 1 is 1.00 bits per heavy atom. The molecule has 8 heteroatoms. The van der Waals surface area contributed by atoms with E-state index in [2.05, 4.69) is 65.8 Å². The second kappa shape index (κ2) is 10.4. The first-order valence-corrected chi connectivity index (χ1v) is 12.4. The van der Waals surface area contributed by atoms with Crippen molar-refractivity contribution in [2.45, 2.75) is 52.5 Å². The molecule has 0 saturated carbocycles. The molecular weight excluding hydrogens is 450 g/mol. The number of benzene rings is 2. The highest BCUT2D eigenvalue weighted by molar-refractivity contribution is 5.78. The lowest BCUT2D eigenvalue weighted by atomic mass is 9.97. The molecule has 2 aromatic heterocycles. The monoisotopic (exact) mass is 481 g/mol. The third-order valence-electron chi connectivity index (χ3n) is 6.85. The van der Waals surface area contributed by atoms with Crippen molar-refractivity contribution in [3.8, 4) is 22.6 Å². The number of hydrogen-bond donors (Lipinski definition) is 2. The van der Waals surface area contributed by atoms with Crippen molar-refractivity contribution < 1.29 is 5.17 Å². The van der Waals surface area contributed by atoms with Crippen LogP contribution in [0.3, 0.4) is 0 Å². The molecule has 2 N–H and O–H groups in total. The molecule has 3 heterocycles. The number of nitrogens with zero attached hydrogens (tertiary/aromatic N) is 5. The van der Waals surface area contributed by atoms with Crippen molar-refractivity contribution in [1.82, 2.24) is 25.6 Å². The van der Waals surface area contributed by atoms with E-state index in [1.54, 1.807) is 0 Å². The molecule has 5 rings (SSSR count). The van der Waals surface area contributed by atoms with Crippen LogP contribution >= 0.6 is 0 Å². The number of hydroxylamine groups is 1. The molecular formula is C28H31N7O. The number of aryl methyl sites for hydroxylation is 2. The summed E-state index contributed by atoms with van der Waals surface area (Å²) in [7, 11) is 0. The van der Waals surface area contributed by atoms with Gasteiger partial charge in [-0.2, -0.15) is 5.01 Å². The Hall–Kier alpha value is -3.88. The zero-order chi connectivity index (χ0) is 25.1. The van der Waals surface area contributed by atoms with E-state index in [0.717, 1.165) is 58.5 Å². The lowest BCUT2D eigenvalue weighted by Gasteiger charge is -2.34. The average molecular weight is 482 g/mol. The summed E-state index contributed by atoms with van der Waals surface area (Å²) >= 11 is 0. The van der Waals surface area contributed by atoms with E-state index in [1.165, 1.54) is 5.57 Å². The Labute approximate surface area is 211 Å². The van der Waals surface area contributed by atoms with Crippen molar-refractivity contribution in [3.05, 3.63) is 94.5 Å². The van der Waals surface area contributed by atoms with Gasteiger partial charge in [-0.15, -0.1) is 5.10 Å². The highest BCUT2D eigenvalue weighted by Gasteiger charge is 2.34. The molecule has 4 aromatic rings. The van der Waals surface area contributed by atoms with Crippen LogP contribution in [0.25, 0.3) is 22.6 Å². The van der Waals surface area contributed by atoms with Crippen LogP contribution in [0.15, 0.2) is 72.6 Å². The fraction of sp³-hybridized carbons (Fsp3) is 0.286.